The van der Waals surface area contributed by atoms with Crippen LogP contribution in [0.3, 0.4) is 0 Å². The minimum atomic E-state index is -3.44. The predicted molar refractivity (Wildman–Crippen MR) is 76.9 cm³/mol. The Morgan fingerprint density at radius 1 is 1.50 bits per heavy atom. The maximum atomic E-state index is 12.1. The molecule has 1 heterocycles. The zero-order valence-electron chi connectivity index (χ0n) is 12.0. The Morgan fingerprint density at radius 2 is 2.25 bits per heavy atom. The van der Waals surface area contributed by atoms with Crippen molar-refractivity contribution in [3.05, 3.63) is 18.0 Å². The molecule has 114 valence electrons. The minimum absolute atomic E-state index is 0.143. The van der Waals surface area contributed by atoms with Gasteiger partial charge in [-0.25, -0.2) is 13.1 Å². The maximum Gasteiger partial charge on any atom is 0.242 e. The third kappa shape index (κ3) is 4.59. The highest BCUT2D eigenvalue weighted by Crippen LogP contribution is 2.19. The molecule has 1 unspecified atom stereocenters. The molecule has 1 aromatic rings. The van der Waals surface area contributed by atoms with E-state index in [4.69, 9.17) is 4.74 Å². The van der Waals surface area contributed by atoms with Crippen molar-refractivity contribution in [1.29, 1.82) is 0 Å². The molecule has 20 heavy (non-hydrogen) atoms. The summed E-state index contributed by atoms with van der Waals surface area (Å²) in [5.41, 5.74) is 0.891. The van der Waals surface area contributed by atoms with Gasteiger partial charge in [-0.1, -0.05) is 6.92 Å². The van der Waals surface area contributed by atoms with Crippen LogP contribution in [0.15, 0.2) is 17.2 Å². The first-order valence-corrected chi connectivity index (χ1v) is 8.39. The highest BCUT2D eigenvalue weighted by molar-refractivity contribution is 7.89. The lowest BCUT2D eigenvalue weighted by Gasteiger charge is -2.11. The number of hydrogen-bond acceptors (Lipinski definition) is 4. The summed E-state index contributed by atoms with van der Waals surface area (Å²) in [5, 5.41) is 3.34. The van der Waals surface area contributed by atoms with E-state index in [9.17, 15) is 8.42 Å². The van der Waals surface area contributed by atoms with Gasteiger partial charge in [0.15, 0.2) is 0 Å². The molecular formula is C13H23N3O3S. The van der Waals surface area contributed by atoms with Crippen LogP contribution in [0.1, 0.15) is 25.5 Å². The van der Waals surface area contributed by atoms with Gasteiger partial charge in [0, 0.05) is 44.7 Å². The first-order chi connectivity index (χ1) is 9.51. The largest absolute Gasteiger partial charge is 0.384 e. The van der Waals surface area contributed by atoms with Gasteiger partial charge in [-0.05, 0) is 24.8 Å². The van der Waals surface area contributed by atoms with Crippen molar-refractivity contribution in [1.82, 2.24) is 15.0 Å². The van der Waals surface area contributed by atoms with Crippen LogP contribution < -0.4 is 10.0 Å². The Labute approximate surface area is 120 Å². The lowest BCUT2D eigenvalue weighted by atomic mass is 10.2. The van der Waals surface area contributed by atoms with Gasteiger partial charge in [0.2, 0.25) is 10.0 Å². The van der Waals surface area contributed by atoms with Crippen molar-refractivity contribution in [2.24, 2.45) is 5.92 Å². The van der Waals surface area contributed by atoms with Crippen LogP contribution in [-0.4, -0.2) is 39.7 Å². The van der Waals surface area contributed by atoms with E-state index in [-0.39, 0.29) is 10.8 Å². The average Bonchev–Trinajstić information content (AvgIpc) is 3.11. The van der Waals surface area contributed by atoms with Crippen molar-refractivity contribution in [2.45, 2.75) is 37.2 Å². The highest BCUT2D eigenvalue weighted by Gasteiger charge is 2.21. The van der Waals surface area contributed by atoms with E-state index in [0.717, 1.165) is 5.69 Å². The number of methoxy groups -OCH3 is 1. The normalized spacial score (nSPS) is 17.3. The molecule has 1 aliphatic rings. The predicted octanol–water partition coefficient (Wildman–Crippen LogP) is 0.828. The van der Waals surface area contributed by atoms with Crippen LogP contribution in [0.25, 0.3) is 0 Å². The summed E-state index contributed by atoms with van der Waals surface area (Å²) >= 11 is 0. The third-order valence-electron chi connectivity index (χ3n) is 3.26. The Morgan fingerprint density at radius 3 is 2.90 bits per heavy atom. The number of aromatic amines is 1. The number of aromatic nitrogens is 1. The molecule has 3 N–H and O–H groups in total. The quantitative estimate of drug-likeness (QED) is 0.631. The Balaban J connectivity index is 1.87. The Kier molecular flexibility index (Phi) is 5.20. The topological polar surface area (TPSA) is 83.2 Å². The number of ether oxygens (including phenoxy) is 1. The van der Waals surface area contributed by atoms with Crippen LogP contribution in [0.5, 0.6) is 0 Å². The second-order valence-electron chi connectivity index (χ2n) is 5.43. The molecule has 0 aliphatic heterocycles. The number of H-pyrrole nitrogens is 1. The average molecular weight is 301 g/mol. The van der Waals surface area contributed by atoms with Gasteiger partial charge in [0.05, 0.1) is 4.90 Å². The van der Waals surface area contributed by atoms with Crippen LogP contribution in [0.4, 0.5) is 0 Å². The van der Waals surface area contributed by atoms with E-state index < -0.39 is 10.0 Å². The number of sulfonamides is 1. The first-order valence-electron chi connectivity index (χ1n) is 6.90. The second-order valence-corrected chi connectivity index (χ2v) is 7.20. The molecule has 1 atom stereocenters. The molecule has 7 heteroatoms. The van der Waals surface area contributed by atoms with Crippen molar-refractivity contribution in [2.75, 3.05) is 20.3 Å². The van der Waals surface area contributed by atoms with Crippen molar-refractivity contribution < 1.29 is 13.2 Å². The molecule has 0 spiro atoms. The van der Waals surface area contributed by atoms with Crippen LogP contribution in [0, 0.1) is 5.92 Å². The molecular weight excluding hydrogens is 278 g/mol. The van der Waals surface area contributed by atoms with Crippen LogP contribution in [0.2, 0.25) is 0 Å². The van der Waals surface area contributed by atoms with Crippen molar-refractivity contribution in [3.8, 4) is 0 Å². The fraction of sp³-hybridized carbons (Fsp3) is 0.692. The lowest BCUT2D eigenvalue weighted by Crippen LogP contribution is -2.29. The summed E-state index contributed by atoms with van der Waals surface area (Å²) in [6.07, 6.45) is 3.96. The lowest BCUT2D eigenvalue weighted by molar-refractivity contribution is 0.161. The molecule has 0 aromatic carbocycles. The summed E-state index contributed by atoms with van der Waals surface area (Å²) in [6, 6.07) is 2.28. The van der Waals surface area contributed by atoms with E-state index in [1.165, 1.54) is 19.0 Å². The molecule has 0 saturated heterocycles. The maximum absolute atomic E-state index is 12.1. The summed E-state index contributed by atoms with van der Waals surface area (Å²) in [6.45, 7) is 3.53. The monoisotopic (exact) mass is 301 g/mol. The SMILES string of the molecule is COCC(C)CNS(=O)(=O)c1c[nH]c(CNC2CC2)c1. The summed E-state index contributed by atoms with van der Waals surface area (Å²) in [5.74, 6) is 0.143. The van der Waals surface area contributed by atoms with E-state index in [2.05, 4.69) is 15.0 Å². The van der Waals surface area contributed by atoms with Gasteiger partial charge in [0.25, 0.3) is 0 Å². The van der Waals surface area contributed by atoms with Crippen LogP contribution in [-0.2, 0) is 21.3 Å². The first kappa shape index (κ1) is 15.5. The van der Waals surface area contributed by atoms with E-state index in [1.54, 1.807) is 13.2 Å². The molecule has 0 bridgehead atoms. The molecule has 1 aromatic heterocycles. The molecule has 0 radical (unpaired) electrons. The molecule has 1 saturated carbocycles. The number of hydrogen-bond donors (Lipinski definition) is 3. The minimum Gasteiger partial charge on any atom is -0.384 e. The standard InChI is InChI=1S/C13H23N3O3S/c1-10(9-19-2)6-16-20(17,18)13-5-12(15-8-13)7-14-11-3-4-11/h5,8,10-11,14-16H,3-4,6-7,9H2,1-2H3. The summed E-state index contributed by atoms with van der Waals surface area (Å²) in [7, 11) is -1.83. The highest BCUT2D eigenvalue weighted by atomic mass is 32.2. The van der Waals surface area contributed by atoms with Gasteiger partial charge in [0.1, 0.15) is 0 Å². The number of nitrogens with one attached hydrogen (secondary N) is 3. The second kappa shape index (κ2) is 6.71. The molecule has 0 amide bonds. The third-order valence-corrected chi connectivity index (χ3v) is 4.66. The van der Waals surface area contributed by atoms with Gasteiger partial charge in [-0.3, -0.25) is 0 Å². The summed E-state index contributed by atoms with van der Waals surface area (Å²) in [4.78, 5) is 3.29. The fourth-order valence-electron chi connectivity index (χ4n) is 1.90. The van der Waals surface area contributed by atoms with E-state index >= 15 is 0 Å². The molecule has 6 nitrogen and oxygen atoms in total. The molecule has 1 aliphatic carbocycles. The van der Waals surface area contributed by atoms with Crippen molar-refractivity contribution >= 4 is 10.0 Å². The summed E-state index contributed by atoms with van der Waals surface area (Å²) < 4.78 is 31.8. The van der Waals surface area contributed by atoms with Crippen LogP contribution >= 0.6 is 0 Å². The smallest absolute Gasteiger partial charge is 0.242 e. The van der Waals surface area contributed by atoms with E-state index in [0.29, 0.717) is 25.7 Å². The van der Waals surface area contributed by atoms with Gasteiger partial charge in [-0.15, -0.1) is 0 Å². The fourth-order valence-corrected chi connectivity index (χ4v) is 3.08. The van der Waals surface area contributed by atoms with E-state index in [1.807, 2.05) is 6.92 Å². The van der Waals surface area contributed by atoms with Gasteiger partial charge in [-0.2, -0.15) is 0 Å². The molecule has 2 rings (SSSR count). The zero-order valence-corrected chi connectivity index (χ0v) is 12.8. The van der Waals surface area contributed by atoms with Gasteiger partial charge >= 0.3 is 0 Å². The number of rotatable bonds is 9. The molecule has 1 fully saturated rings. The van der Waals surface area contributed by atoms with Crippen molar-refractivity contribution in [3.63, 3.8) is 0 Å². The Bertz CT molecular complexity index is 523. The zero-order chi connectivity index (χ0) is 14.6. The van der Waals surface area contributed by atoms with Gasteiger partial charge < -0.3 is 15.0 Å². The Hall–Kier alpha value is -0.890.